The smallest absolute Gasteiger partial charge is 0.300 e. The van der Waals surface area contributed by atoms with Crippen LogP contribution in [-0.2, 0) is 5.41 Å². The maximum absolute atomic E-state index is 14.1. The molecule has 2 N–H and O–H groups in total. The second kappa shape index (κ2) is 4.92. The SMILES string of the molecule is CC(C)(C)c1c(O)c(Cl)c(O)c(C(=O)C(F)F)c1F. The van der Waals surface area contributed by atoms with Crippen molar-refractivity contribution in [3.8, 4) is 11.5 Å². The molecule has 0 amide bonds. The molecule has 0 saturated heterocycles. The van der Waals surface area contributed by atoms with Crippen LogP contribution in [0.1, 0.15) is 36.7 Å². The van der Waals surface area contributed by atoms with Crippen molar-refractivity contribution < 1.29 is 28.2 Å². The Morgan fingerprint density at radius 2 is 1.68 bits per heavy atom. The number of aromatic hydroxyl groups is 2. The first kappa shape index (κ1) is 15.6. The third-order valence-electron chi connectivity index (χ3n) is 2.52. The molecule has 0 aliphatic heterocycles. The van der Waals surface area contributed by atoms with Gasteiger partial charge in [-0.3, -0.25) is 4.79 Å². The lowest BCUT2D eigenvalue weighted by Crippen LogP contribution is -2.20. The van der Waals surface area contributed by atoms with Gasteiger partial charge in [-0.05, 0) is 5.41 Å². The number of hydrogen-bond donors (Lipinski definition) is 2. The maximum Gasteiger partial charge on any atom is 0.300 e. The van der Waals surface area contributed by atoms with Crippen molar-refractivity contribution in [2.24, 2.45) is 0 Å². The van der Waals surface area contributed by atoms with Crippen molar-refractivity contribution in [2.75, 3.05) is 0 Å². The summed E-state index contributed by atoms with van der Waals surface area (Å²) in [5.74, 6) is -5.23. The van der Waals surface area contributed by atoms with E-state index >= 15 is 0 Å². The van der Waals surface area contributed by atoms with E-state index in [4.69, 9.17) is 11.6 Å². The predicted octanol–water partition coefficient (Wildman–Crippen LogP) is 3.64. The van der Waals surface area contributed by atoms with Gasteiger partial charge in [-0.25, -0.2) is 13.2 Å². The Morgan fingerprint density at radius 3 is 2.05 bits per heavy atom. The zero-order chi connectivity index (χ0) is 15.1. The summed E-state index contributed by atoms with van der Waals surface area (Å²) < 4.78 is 39.0. The van der Waals surface area contributed by atoms with E-state index in [1.807, 2.05) is 0 Å². The second-order valence-corrected chi connectivity index (χ2v) is 5.37. The molecular formula is C12H12ClF3O3. The Labute approximate surface area is 112 Å². The number of rotatable bonds is 2. The van der Waals surface area contributed by atoms with Gasteiger partial charge in [-0.15, -0.1) is 0 Å². The van der Waals surface area contributed by atoms with Crippen molar-refractivity contribution in [1.29, 1.82) is 0 Å². The first-order valence-electron chi connectivity index (χ1n) is 5.25. The van der Waals surface area contributed by atoms with Gasteiger partial charge in [-0.1, -0.05) is 32.4 Å². The molecule has 0 saturated carbocycles. The van der Waals surface area contributed by atoms with Gasteiger partial charge in [0.15, 0.2) is 5.75 Å². The van der Waals surface area contributed by atoms with Gasteiger partial charge in [0.25, 0.3) is 0 Å². The van der Waals surface area contributed by atoms with Crippen molar-refractivity contribution in [3.05, 3.63) is 22.0 Å². The number of phenolic OH excluding ortho intramolecular Hbond substituents is 2. The number of benzene rings is 1. The standard InChI is InChI=1S/C12H12ClF3O3/c1-12(2,3)5-7(14)4(9(18)11(15)16)8(17)6(13)10(5)19/h11,17,19H,1-3H3. The minimum atomic E-state index is -3.49. The van der Waals surface area contributed by atoms with Crippen LogP contribution in [0.15, 0.2) is 0 Å². The summed E-state index contributed by atoms with van der Waals surface area (Å²) >= 11 is 5.55. The number of phenols is 2. The lowest BCUT2D eigenvalue weighted by molar-refractivity contribution is 0.0670. The van der Waals surface area contributed by atoms with Crippen LogP contribution in [0.4, 0.5) is 13.2 Å². The number of alkyl halides is 2. The topological polar surface area (TPSA) is 57.5 Å². The molecule has 0 aromatic heterocycles. The van der Waals surface area contributed by atoms with Crippen molar-refractivity contribution in [3.63, 3.8) is 0 Å². The highest BCUT2D eigenvalue weighted by molar-refractivity contribution is 6.34. The number of ketones is 1. The zero-order valence-corrected chi connectivity index (χ0v) is 11.1. The minimum absolute atomic E-state index is 0.403. The molecular weight excluding hydrogens is 285 g/mol. The van der Waals surface area contributed by atoms with Crippen molar-refractivity contribution in [1.82, 2.24) is 0 Å². The van der Waals surface area contributed by atoms with Gasteiger partial charge in [-0.2, -0.15) is 0 Å². The fourth-order valence-corrected chi connectivity index (χ4v) is 1.87. The van der Waals surface area contributed by atoms with Gasteiger partial charge in [0.2, 0.25) is 5.78 Å². The fraction of sp³-hybridized carbons (Fsp3) is 0.417. The first-order chi connectivity index (χ1) is 8.50. The van der Waals surface area contributed by atoms with Crippen LogP contribution in [0.25, 0.3) is 0 Å². The van der Waals surface area contributed by atoms with Gasteiger partial charge >= 0.3 is 6.43 Å². The summed E-state index contributed by atoms with van der Waals surface area (Å²) in [6.07, 6.45) is -3.49. The third kappa shape index (κ3) is 2.63. The van der Waals surface area contributed by atoms with E-state index < -0.39 is 51.1 Å². The van der Waals surface area contributed by atoms with E-state index in [0.717, 1.165) is 0 Å². The summed E-state index contributed by atoms with van der Waals surface area (Å²) in [5.41, 5.74) is -2.61. The average molecular weight is 297 g/mol. The quantitative estimate of drug-likeness (QED) is 0.819. The van der Waals surface area contributed by atoms with Gasteiger partial charge in [0.1, 0.15) is 22.2 Å². The number of halogens is 4. The Hall–Kier alpha value is -1.43. The van der Waals surface area contributed by atoms with Crippen molar-refractivity contribution >= 4 is 17.4 Å². The summed E-state index contributed by atoms with van der Waals surface area (Å²) in [5, 5.41) is 18.5. The second-order valence-electron chi connectivity index (χ2n) is 4.99. The van der Waals surface area contributed by atoms with E-state index in [-0.39, 0.29) is 0 Å². The monoisotopic (exact) mass is 296 g/mol. The summed E-state index contributed by atoms with van der Waals surface area (Å²) in [6.45, 7) is 4.49. The van der Waals surface area contributed by atoms with Crippen LogP contribution < -0.4 is 0 Å². The highest BCUT2D eigenvalue weighted by atomic mass is 35.5. The fourth-order valence-electron chi connectivity index (χ4n) is 1.68. The Morgan fingerprint density at radius 1 is 1.21 bits per heavy atom. The highest BCUT2D eigenvalue weighted by Gasteiger charge is 2.35. The molecule has 1 rings (SSSR count). The lowest BCUT2D eigenvalue weighted by atomic mass is 9.84. The average Bonchev–Trinajstić information content (AvgIpc) is 2.24. The van der Waals surface area contributed by atoms with Crippen LogP contribution in [-0.4, -0.2) is 22.4 Å². The molecule has 0 unspecified atom stereocenters. The van der Waals surface area contributed by atoms with Crippen LogP contribution >= 0.6 is 11.6 Å². The van der Waals surface area contributed by atoms with Crippen LogP contribution in [0.2, 0.25) is 5.02 Å². The molecule has 19 heavy (non-hydrogen) atoms. The van der Waals surface area contributed by atoms with Crippen LogP contribution in [0, 0.1) is 5.82 Å². The third-order valence-corrected chi connectivity index (χ3v) is 2.88. The molecule has 0 radical (unpaired) electrons. The number of carbonyl (C=O) groups excluding carboxylic acids is 1. The lowest BCUT2D eigenvalue weighted by Gasteiger charge is -2.23. The molecule has 1 aromatic rings. The first-order valence-corrected chi connectivity index (χ1v) is 5.63. The Balaban J connectivity index is 3.77. The Kier molecular flexibility index (Phi) is 4.05. The number of Topliss-reactive ketones (excluding diaryl/α,β-unsaturated/α-hetero) is 1. The maximum atomic E-state index is 14.1. The highest BCUT2D eigenvalue weighted by Crippen LogP contribution is 2.45. The molecule has 7 heteroatoms. The van der Waals surface area contributed by atoms with Crippen molar-refractivity contribution in [2.45, 2.75) is 32.6 Å². The van der Waals surface area contributed by atoms with E-state index in [1.54, 1.807) is 0 Å². The largest absolute Gasteiger partial charge is 0.506 e. The summed E-state index contributed by atoms with van der Waals surface area (Å²) in [7, 11) is 0. The van der Waals surface area contributed by atoms with Gasteiger partial charge in [0, 0.05) is 5.56 Å². The molecule has 0 atom stereocenters. The van der Waals surface area contributed by atoms with E-state index in [2.05, 4.69) is 0 Å². The Bertz CT molecular complexity index is 536. The van der Waals surface area contributed by atoms with E-state index in [1.165, 1.54) is 20.8 Å². The number of hydrogen-bond acceptors (Lipinski definition) is 3. The zero-order valence-electron chi connectivity index (χ0n) is 10.4. The van der Waals surface area contributed by atoms with E-state index in [9.17, 15) is 28.2 Å². The molecule has 1 aromatic carbocycles. The van der Waals surface area contributed by atoms with Crippen LogP contribution in [0.3, 0.4) is 0 Å². The molecule has 0 aliphatic rings. The molecule has 3 nitrogen and oxygen atoms in total. The van der Waals surface area contributed by atoms with Gasteiger partial charge < -0.3 is 10.2 Å². The molecule has 0 heterocycles. The van der Waals surface area contributed by atoms with Gasteiger partial charge in [0.05, 0.1) is 0 Å². The molecule has 0 spiro atoms. The summed E-state index contributed by atoms with van der Waals surface area (Å²) in [4.78, 5) is 11.2. The van der Waals surface area contributed by atoms with E-state index in [0.29, 0.717) is 0 Å². The summed E-state index contributed by atoms with van der Waals surface area (Å²) in [6, 6.07) is 0. The predicted molar refractivity (Wildman–Crippen MR) is 63.8 cm³/mol. The molecule has 0 fully saturated rings. The minimum Gasteiger partial charge on any atom is -0.506 e. The molecule has 106 valence electrons. The molecule has 0 aliphatic carbocycles. The van der Waals surface area contributed by atoms with Crippen LogP contribution in [0.5, 0.6) is 11.5 Å². The molecule has 0 bridgehead atoms. The number of carbonyl (C=O) groups is 1. The normalized spacial score (nSPS) is 12.0.